The summed E-state index contributed by atoms with van der Waals surface area (Å²) in [6, 6.07) is 12.6. The van der Waals surface area contributed by atoms with Crippen LogP contribution in [0.15, 0.2) is 47.6 Å². The van der Waals surface area contributed by atoms with Gasteiger partial charge in [0.2, 0.25) is 0 Å². The lowest BCUT2D eigenvalue weighted by Crippen LogP contribution is -2.13. The Morgan fingerprint density at radius 3 is 2.57 bits per heavy atom. The van der Waals surface area contributed by atoms with Crippen molar-refractivity contribution >= 4 is 15.7 Å². The van der Waals surface area contributed by atoms with Crippen molar-refractivity contribution in [3.8, 4) is 28.4 Å². The molecular formula is C32H32FNO7S. The molecule has 0 aromatic heterocycles. The van der Waals surface area contributed by atoms with Gasteiger partial charge < -0.3 is 14.2 Å². The third-order valence-electron chi connectivity index (χ3n) is 8.54. The molecule has 8 nitrogen and oxygen atoms in total. The van der Waals surface area contributed by atoms with Crippen LogP contribution in [0.25, 0.3) is 11.1 Å². The minimum Gasteiger partial charge on any atom is -0.493 e. The maximum absolute atomic E-state index is 15.3. The standard InChI is InChI=1S/C32H32FNO7S/c1-18-11-23(39-15-20-9-10-42(37,38)17-20)12-19(2)31(18)25-5-7-27(33)32-26(25)6-8-28(32)41-22-3-4-24-21(13-30(35)34-36)16-40-29(24)14-22/h3-5,7,11-12,14,20-21,28H,6,8-10,13,15-17H2,1-2H3/t20-,21?,28-/m1/s1. The Morgan fingerprint density at radius 2 is 1.86 bits per heavy atom. The first-order valence-electron chi connectivity index (χ1n) is 14.2. The van der Waals surface area contributed by atoms with Gasteiger partial charge in [0.25, 0.3) is 5.91 Å². The zero-order valence-electron chi connectivity index (χ0n) is 23.5. The van der Waals surface area contributed by atoms with Crippen LogP contribution in [0.4, 0.5) is 4.39 Å². The number of ether oxygens (including phenoxy) is 3. The van der Waals surface area contributed by atoms with E-state index in [4.69, 9.17) is 14.2 Å². The van der Waals surface area contributed by atoms with E-state index in [0.29, 0.717) is 48.7 Å². The number of hydrogen-bond acceptors (Lipinski definition) is 7. The molecule has 3 atom stereocenters. The van der Waals surface area contributed by atoms with Gasteiger partial charge in [-0.1, -0.05) is 12.1 Å². The molecule has 3 aromatic rings. The highest BCUT2D eigenvalue weighted by Crippen LogP contribution is 2.45. The Balaban J connectivity index is 1.21. The van der Waals surface area contributed by atoms with E-state index < -0.39 is 21.8 Å². The summed E-state index contributed by atoms with van der Waals surface area (Å²) in [6.45, 7) is 4.66. The van der Waals surface area contributed by atoms with E-state index in [1.54, 1.807) is 12.1 Å². The quantitative estimate of drug-likeness (QED) is 0.288. The molecule has 1 fully saturated rings. The molecule has 42 heavy (non-hydrogen) atoms. The summed E-state index contributed by atoms with van der Waals surface area (Å²) in [5, 5.41) is 2.48. The summed E-state index contributed by atoms with van der Waals surface area (Å²) in [7, 11) is -2.95. The first-order valence-corrected chi connectivity index (χ1v) is 16.0. The van der Waals surface area contributed by atoms with Crippen molar-refractivity contribution in [3.63, 3.8) is 0 Å². The molecular weight excluding hydrogens is 561 g/mol. The topological polar surface area (TPSA) is 108 Å². The van der Waals surface area contributed by atoms with E-state index in [2.05, 4.69) is 5.18 Å². The minimum atomic E-state index is -2.95. The fourth-order valence-electron chi connectivity index (χ4n) is 6.59. The van der Waals surface area contributed by atoms with Crippen molar-refractivity contribution in [1.29, 1.82) is 0 Å². The Kier molecular flexibility index (Phi) is 7.51. The lowest BCUT2D eigenvalue weighted by molar-refractivity contribution is -0.118. The molecule has 10 heteroatoms. The summed E-state index contributed by atoms with van der Waals surface area (Å²) in [6.07, 6.45) is 1.43. The second kappa shape index (κ2) is 11.1. The zero-order valence-corrected chi connectivity index (χ0v) is 24.3. The summed E-state index contributed by atoms with van der Waals surface area (Å²) in [5.41, 5.74) is 6.29. The van der Waals surface area contributed by atoms with Crippen molar-refractivity contribution in [1.82, 2.24) is 0 Å². The number of rotatable bonds is 8. The summed E-state index contributed by atoms with van der Waals surface area (Å²) < 4.78 is 56.9. The number of amides is 1. The average Bonchev–Trinajstić information content (AvgIpc) is 3.65. The molecule has 3 aliphatic rings. The molecule has 2 heterocycles. The number of carbonyl (C=O) groups is 1. The Bertz CT molecular complexity index is 1660. The Hall–Kier alpha value is -3.79. The van der Waals surface area contributed by atoms with Crippen LogP contribution in [0.1, 0.15) is 59.1 Å². The third kappa shape index (κ3) is 5.52. The molecule has 1 aliphatic carbocycles. The first kappa shape index (κ1) is 28.3. The highest BCUT2D eigenvalue weighted by Gasteiger charge is 2.33. The van der Waals surface area contributed by atoms with Gasteiger partial charge in [0.15, 0.2) is 9.84 Å². The van der Waals surface area contributed by atoms with Crippen molar-refractivity contribution < 1.29 is 31.8 Å². The first-order chi connectivity index (χ1) is 20.1. The molecule has 1 saturated heterocycles. The second-order valence-corrected chi connectivity index (χ2v) is 13.8. The van der Waals surface area contributed by atoms with Crippen molar-refractivity contribution in [2.45, 2.75) is 51.6 Å². The maximum Gasteiger partial charge on any atom is 0.287 e. The normalized spacial score (nSPS) is 21.8. The van der Waals surface area contributed by atoms with E-state index in [1.165, 1.54) is 6.07 Å². The van der Waals surface area contributed by atoms with Crippen molar-refractivity contribution in [2.75, 3.05) is 24.7 Å². The molecule has 0 radical (unpaired) electrons. The fourth-order valence-corrected chi connectivity index (χ4v) is 8.43. The second-order valence-electron chi connectivity index (χ2n) is 11.5. The monoisotopic (exact) mass is 593 g/mol. The maximum atomic E-state index is 15.3. The largest absolute Gasteiger partial charge is 0.493 e. The van der Waals surface area contributed by atoms with Crippen LogP contribution < -0.4 is 14.2 Å². The van der Waals surface area contributed by atoms with E-state index in [-0.39, 0.29) is 42.2 Å². The molecule has 0 spiro atoms. The highest BCUT2D eigenvalue weighted by molar-refractivity contribution is 7.91. The number of sulfone groups is 1. The number of aryl methyl sites for hydroxylation is 2. The smallest absolute Gasteiger partial charge is 0.287 e. The minimum absolute atomic E-state index is 0.00250. The SMILES string of the molecule is Cc1cc(OC[C@H]2CCS(=O)(=O)C2)cc(C)c1-c1ccc(F)c2c1CC[C@H]2Oc1ccc2c(c1)OCC2CC(=O)N=O. The fraction of sp³-hybridized carbons (Fsp3) is 0.406. The van der Waals surface area contributed by atoms with Crippen LogP contribution in [0.5, 0.6) is 17.2 Å². The van der Waals surface area contributed by atoms with Gasteiger partial charge in [-0.15, -0.1) is 4.91 Å². The van der Waals surface area contributed by atoms with Crippen molar-refractivity contribution in [3.05, 3.63) is 81.0 Å². The van der Waals surface area contributed by atoms with E-state index in [1.807, 2.05) is 38.1 Å². The van der Waals surface area contributed by atoms with Crippen LogP contribution in [-0.2, 0) is 21.1 Å². The number of nitroso groups, excluding NO2 is 1. The highest BCUT2D eigenvalue weighted by atomic mass is 32.2. The van der Waals surface area contributed by atoms with Crippen molar-refractivity contribution in [2.24, 2.45) is 11.1 Å². The van der Waals surface area contributed by atoms with Crippen LogP contribution in [0.2, 0.25) is 0 Å². The van der Waals surface area contributed by atoms with Crippen LogP contribution in [-0.4, -0.2) is 39.0 Å². The summed E-state index contributed by atoms with van der Waals surface area (Å²) in [5.74, 6) is 0.993. The van der Waals surface area contributed by atoms with Crippen LogP contribution >= 0.6 is 0 Å². The molecule has 220 valence electrons. The van der Waals surface area contributed by atoms with Gasteiger partial charge in [-0.25, -0.2) is 12.8 Å². The molecule has 0 saturated carbocycles. The number of carbonyl (C=O) groups excluding carboxylic acids is 1. The Labute approximate surface area is 244 Å². The van der Waals surface area contributed by atoms with Crippen LogP contribution in [0.3, 0.4) is 0 Å². The number of halogens is 1. The number of fused-ring (bicyclic) bond motifs is 2. The zero-order chi connectivity index (χ0) is 29.6. The molecule has 3 aromatic carbocycles. The third-order valence-corrected chi connectivity index (χ3v) is 10.4. The van der Waals surface area contributed by atoms with Gasteiger partial charge in [-0.2, -0.15) is 0 Å². The molecule has 0 bridgehead atoms. The average molecular weight is 594 g/mol. The molecule has 2 aliphatic heterocycles. The van der Waals surface area contributed by atoms with Gasteiger partial charge in [-0.05, 0) is 85.2 Å². The van der Waals surface area contributed by atoms with Gasteiger partial charge >= 0.3 is 0 Å². The Morgan fingerprint density at radius 1 is 1.07 bits per heavy atom. The van der Waals surface area contributed by atoms with Gasteiger partial charge in [-0.3, -0.25) is 4.79 Å². The lowest BCUT2D eigenvalue weighted by atomic mass is 9.90. The van der Waals surface area contributed by atoms with Gasteiger partial charge in [0.1, 0.15) is 29.2 Å². The van der Waals surface area contributed by atoms with E-state index in [0.717, 1.165) is 33.4 Å². The molecule has 6 rings (SSSR count). The lowest BCUT2D eigenvalue weighted by Gasteiger charge is -2.19. The number of hydrogen-bond donors (Lipinski definition) is 0. The molecule has 1 unspecified atom stereocenters. The predicted octanol–water partition coefficient (Wildman–Crippen LogP) is 6.15. The number of benzene rings is 3. The predicted molar refractivity (Wildman–Crippen MR) is 155 cm³/mol. The van der Waals surface area contributed by atoms with E-state index in [9.17, 15) is 18.1 Å². The molecule has 0 N–H and O–H groups in total. The van der Waals surface area contributed by atoms with Crippen LogP contribution in [0, 0.1) is 30.5 Å². The summed E-state index contributed by atoms with van der Waals surface area (Å²) >= 11 is 0. The number of nitrogens with zero attached hydrogens (tertiary/aromatic N) is 1. The summed E-state index contributed by atoms with van der Waals surface area (Å²) in [4.78, 5) is 22.0. The van der Waals surface area contributed by atoms with Gasteiger partial charge in [0.05, 0.1) is 24.7 Å². The van der Waals surface area contributed by atoms with E-state index >= 15 is 4.39 Å². The molecule has 1 amide bonds. The van der Waals surface area contributed by atoms with Gasteiger partial charge in [0, 0.05) is 40.6 Å².